The fraction of sp³-hybridized carbons (Fsp3) is 0.700. The van der Waals surface area contributed by atoms with Crippen LogP contribution in [0.2, 0.25) is 0 Å². The maximum atomic E-state index is 10.1. The third-order valence-corrected chi connectivity index (χ3v) is 2.44. The Morgan fingerprint density at radius 3 is 1.90 bits per heavy atom. The Kier molecular flexibility index (Phi) is 13.3. The van der Waals surface area contributed by atoms with E-state index in [0.29, 0.717) is 0 Å². The third kappa shape index (κ3) is 13.1. The largest absolute Gasteiger partial charge is 0.480 e. The summed E-state index contributed by atoms with van der Waals surface area (Å²) in [7, 11) is 0. The molecule has 2 atom stereocenters. The maximum Gasteiger partial charge on any atom is 0.321 e. The molecule has 0 aliphatic carbocycles. The van der Waals surface area contributed by atoms with E-state index in [9.17, 15) is 14.4 Å². The Bertz CT molecular complexity index is 309. The Hall–Kier alpha value is -1.36. The van der Waals surface area contributed by atoms with Crippen LogP contribution in [-0.4, -0.2) is 64.2 Å². The molecule has 1 fully saturated rings. The van der Waals surface area contributed by atoms with Crippen LogP contribution in [-0.2, 0) is 14.4 Å². The Morgan fingerprint density at radius 1 is 1.30 bits per heavy atom. The second-order valence-electron chi connectivity index (χ2n) is 3.71. The summed E-state index contributed by atoms with van der Waals surface area (Å²) >= 11 is 3.65. The van der Waals surface area contributed by atoms with E-state index in [1.165, 1.54) is 0 Å². The summed E-state index contributed by atoms with van der Waals surface area (Å²) in [6.07, 6.45) is 1.78. The van der Waals surface area contributed by atoms with E-state index < -0.39 is 23.9 Å². The van der Waals surface area contributed by atoms with Crippen LogP contribution in [0.3, 0.4) is 0 Å². The predicted octanol–water partition coefficient (Wildman–Crippen LogP) is -1.82. The molecule has 10 heteroatoms. The van der Waals surface area contributed by atoms with Crippen LogP contribution in [0.25, 0.3) is 0 Å². The number of rotatable bonds is 4. The number of hydrogen-bond acceptors (Lipinski definition) is 7. The average Bonchev–Trinajstić information content (AvgIpc) is 2.93. The van der Waals surface area contributed by atoms with Crippen molar-refractivity contribution in [1.82, 2.24) is 5.32 Å². The summed E-state index contributed by atoms with van der Waals surface area (Å²) < 4.78 is 0. The van der Waals surface area contributed by atoms with Gasteiger partial charge in [0.1, 0.15) is 12.1 Å². The Labute approximate surface area is 121 Å². The summed E-state index contributed by atoms with van der Waals surface area (Å²) in [6.45, 7) is 0.580. The van der Waals surface area contributed by atoms with Crippen molar-refractivity contribution in [1.29, 1.82) is 0 Å². The van der Waals surface area contributed by atoms with Gasteiger partial charge in [-0.2, -0.15) is 12.6 Å². The predicted molar refractivity (Wildman–Crippen MR) is 74.8 cm³/mol. The van der Waals surface area contributed by atoms with Gasteiger partial charge in [-0.05, 0) is 19.4 Å². The van der Waals surface area contributed by atoms with Gasteiger partial charge in [-0.3, -0.25) is 14.4 Å². The highest BCUT2D eigenvalue weighted by Gasteiger charge is 2.20. The van der Waals surface area contributed by atoms with Crippen LogP contribution in [0.4, 0.5) is 0 Å². The molecule has 1 aliphatic heterocycles. The van der Waals surface area contributed by atoms with E-state index in [1.54, 1.807) is 0 Å². The van der Waals surface area contributed by atoms with Crippen LogP contribution >= 0.6 is 12.6 Å². The number of carboxylic acids is 3. The van der Waals surface area contributed by atoms with E-state index in [-0.39, 0.29) is 18.3 Å². The molecule has 1 rings (SSSR count). The Balaban J connectivity index is 0. The SMILES string of the molecule is NC(CS)C(=O)O.NCC(=O)O.O=C(O)[C@@H]1CCCN1. The smallest absolute Gasteiger partial charge is 0.321 e. The number of carbonyl (C=O) groups is 3. The molecule has 1 heterocycles. The van der Waals surface area contributed by atoms with Gasteiger partial charge >= 0.3 is 17.9 Å². The number of carboxylic acid groups (broad SMARTS) is 3. The van der Waals surface area contributed by atoms with Gasteiger partial charge in [0.05, 0.1) is 6.54 Å². The summed E-state index contributed by atoms with van der Waals surface area (Å²) in [5.74, 6) is -2.50. The number of aliphatic carboxylic acids is 3. The lowest BCUT2D eigenvalue weighted by molar-refractivity contribution is -0.139. The van der Waals surface area contributed by atoms with Gasteiger partial charge < -0.3 is 32.1 Å². The van der Waals surface area contributed by atoms with Crippen LogP contribution in [0.15, 0.2) is 0 Å². The third-order valence-electron chi connectivity index (χ3n) is 2.05. The van der Waals surface area contributed by atoms with E-state index in [1.807, 2.05) is 0 Å². The molecular weight excluding hydrogens is 290 g/mol. The number of nitrogens with one attached hydrogen (secondary N) is 1. The van der Waals surface area contributed by atoms with Crippen LogP contribution in [0.1, 0.15) is 12.8 Å². The molecule has 1 aliphatic rings. The summed E-state index contributed by atoms with van der Waals surface area (Å²) in [5.41, 5.74) is 9.51. The highest BCUT2D eigenvalue weighted by atomic mass is 32.1. The normalized spacial score (nSPS) is 17.9. The van der Waals surface area contributed by atoms with Gasteiger partial charge in [0.25, 0.3) is 0 Å². The lowest BCUT2D eigenvalue weighted by atomic mass is 10.2. The molecule has 0 aromatic rings. The highest BCUT2D eigenvalue weighted by molar-refractivity contribution is 7.80. The summed E-state index contributed by atoms with van der Waals surface area (Å²) in [5, 5.41) is 26.8. The fourth-order valence-corrected chi connectivity index (χ4v) is 1.13. The standard InChI is InChI=1S/C5H9NO2.C3H7NO2S.C2H5NO2/c7-5(8)4-2-1-3-6-4;4-2(1-7)3(5)6;3-1-2(4)5/h4,6H,1-3H2,(H,7,8);2,7H,1,4H2,(H,5,6);1,3H2,(H,4,5)/t4-;;/m0../s1. The zero-order valence-electron chi connectivity index (χ0n) is 10.9. The first kappa shape index (κ1) is 20.9. The molecule has 0 aromatic carbocycles. The first-order chi connectivity index (χ1) is 9.26. The molecule has 1 unspecified atom stereocenters. The molecule has 8 N–H and O–H groups in total. The van der Waals surface area contributed by atoms with Crippen molar-refractivity contribution in [2.75, 3.05) is 18.8 Å². The first-order valence-corrected chi connectivity index (χ1v) is 6.36. The van der Waals surface area contributed by atoms with Crippen molar-refractivity contribution in [3.63, 3.8) is 0 Å². The molecule has 20 heavy (non-hydrogen) atoms. The lowest BCUT2D eigenvalue weighted by Crippen LogP contribution is -2.31. The minimum Gasteiger partial charge on any atom is -0.480 e. The molecule has 0 saturated carbocycles. The van der Waals surface area contributed by atoms with Crippen molar-refractivity contribution < 1.29 is 29.7 Å². The molecule has 9 nitrogen and oxygen atoms in total. The van der Waals surface area contributed by atoms with Gasteiger partial charge in [-0.15, -0.1) is 0 Å². The number of thiol groups is 1. The quantitative estimate of drug-likeness (QED) is 0.295. The van der Waals surface area contributed by atoms with Gasteiger partial charge in [-0.25, -0.2) is 0 Å². The van der Waals surface area contributed by atoms with Gasteiger partial charge in [-0.1, -0.05) is 0 Å². The van der Waals surface area contributed by atoms with Gasteiger partial charge in [0.2, 0.25) is 0 Å². The monoisotopic (exact) mass is 311 g/mol. The topological polar surface area (TPSA) is 176 Å². The zero-order valence-corrected chi connectivity index (χ0v) is 11.8. The minimum atomic E-state index is -1.00. The number of nitrogens with two attached hydrogens (primary N) is 2. The molecule has 0 spiro atoms. The molecule has 0 aromatic heterocycles. The Morgan fingerprint density at radius 2 is 1.80 bits per heavy atom. The van der Waals surface area contributed by atoms with Crippen LogP contribution in [0.5, 0.6) is 0 Å². The highest BCUT2D eigenvalue weighted by Crippen LogP contribution is 2.03. The van der Waals surface area contributed by atoms with Crippen molar-refractivity contribution in [3.05, 3.63) is 0 Å². The molecule has 118 valence electrons. The van der Waals surface area contributed by atoms with E-state index >= 15 is 0 Å². The first-order valence-electron chi connectivity index (χ1n) is 5.73. The number of hydrogen-bond donors (Lipinski definition) is 7. The minimum absolute atomic E-state index is 0.190. The van der Waals surface area contributed by atoms with Crippen LogP contribution < -0.4 is 16.8 Å². The lowest BCUT2D eigenvalue weighted by Gasteiger charge is -1.99. The van der Waals surface area contributed by atoms with Crippen LogP contribution in [0, 0.1) is 0 Å². The van der Waals surface area contributed by atoms with E-state index in [2.05, 4.69) is 23.7 Å². The molecule has 0 bridgehead atoms. The van der Waals surface area contributed by atoms with Gasteiger partial charge in [0.15, 0.2) is 0 Å². The van der Waals surface area contributed by atoms with E-state index in [0.717, 1.165) is 19.4 Å². The van der Waals surface area contributed by atoms with Gasteiger partial charge in [0, 0.05) is 5.75 Å². The van der Waals surface area contributed by atoms with Crippen molar-refractivity contribution in [2.45, 2.75) is 24.9 Å². The van der Waals surface area contributed by atoms with Crippen molar-refractivity contribution in [3.8, 4) is 0 Å². The maximum absolute atomic E-state index is 10.1. The second-order valence-corrected chi connectivity index (χ2v) is 4.08. The average molecular weight is 311 g/mol. The molecule has 0 radical (unpaired) electrons. The zero-order chi connectivity index (χ0) is 16.1. The van der Waals surface area contributed by atoms with E-state index in [4.69, 9.17) is 21.1 Å². The molecule has 0 amide bonds. The second kappa shape index (κ2) is 12.7. The van der Waals surface area contributed by atoms with Crippen molar-refractivity contribution >= 4 is 30.5 Å². The molecule has 1 saturated heterocycles. The summed E-state index contributed by atoms with van der Waals surface area (Å²) in [6, 6.07) is -1.08. The summed E-state index contributed by atoms with van der Waals surface area (Å²) in [4.78, 5) is 29.1. The van der Waals surface area contributed by atoms with Crippen molar-refractivity contribution in [2.24, 2.45) is 11.5 Å². The molecular formula is C10H21N3O6S. The fourth-order valence-electron chi connectivity index (χ4n) is 0.973.